The number of allylic oxidation sites excluding steroid dienone is 1. The third-order valence-electron chi connectivity index (χ3n) is 3.29. The van der Waals surface area contributed by atoms with E-state index in [9.17, 15) is 0 Å². The van der Waals surface area contributed by atoms with E-state index in [1.54, 1.807) is 0 Å². The van der Waals surface area contributed by atoms with Gasteiger partial charge in [-0.15, -0.1) is 0 Å². The van der Waals surface area contributed by atoms with Crippen molar-refractivity contribution in [2.45, 2.75) is 25.4 Å². The molecule has 1 fully saturated rings. The second-order valence-corrected chi connectivity index (χ2v) is 4.07. The van der Waals surface area contributed by atoms with Crippen LogP contribution in [0.4, 0.5) is 0 Å². The lowest BCUT2D eigenvalue weighted by atomic mass is 9.71. The Morgan fingerprint density at radius 1 is 1.57 bits per heavy atom. The summed E-state index contributed by atoms with van der Waals surface area (Å²) in [5, 5.41) is 7.22. The van der Waals surface area contributed by atoms with Crippen LogP contribution in [0.1, 0.15) is 18.7 Å². The van der Waals surface area contributed by atoms with Crippen LogP contribution in [0.15, 0.2) is 23.1 Å². The zero-order chi connectivity index (χ0) is 9.38. The minimum Gasteiger partial charge on any atom is -0.343 e. The summed E-state index contributed by atoms with van der Waals surface area (Å²) in [6, 6.07) is 0.622. The van der Waals surface area contributed by atoms with Crippen molar-refractivity contribution in [3.8, 4) is 0 Å². The van der Waals surface area contributed by atoms with E-state index in [0.717, 1.165) is 24.2 Å². The molecule has 1 saturated carbocycles. The van der Waals surface area contributed by atoms with Gasteiger partial charge in [0.05, 0.1) is 6.54 Å². The summed E-state index contributed by atoms with van der Waals surface area (Å²) in [5.41, 5.74) is 0. The lowest BCUT2D eigenvalue weighted by Gasteiger charge is -2.40. The molecule has 74 valence electrons. The molecule has 0 bridgehead atoms. The maximum atomic E-state index is 4.67. The molecule has 3 rings (SSSR count). The predicted octanol–water partition coefficient (Wildman–Crippen LogP) is 1.12. The van der Waals surface area contributed by atoms with Crippen molar-refractivity contribution in [2.24, 2.45) is 11.8 Å². The van der Waals surface area contributed by atoms with E-state index in [2.05, 4.69) is 32.1 Å². The Morgan fingerprint density at radius 3 is 3.36 bits per heavy atom. The summed E-state index contributed by atoms with van der Waals surface area (Å²) in [7, 11) is 0. The lowest BCUT2D eigenvalue weighted by Crippen LogP contribution is -2.47. The Balaban J connectivity index is 1.52. The van der Waals surface area contributed by atoms with Gasteiger partial charge in [-0.3, -0.25) is 0 Å². The van der Waals surface area contributed by atoms with Gasteiger partial charge in [-0.1, -0.05) is 17.3 Å². The highest BCUT2D eigenvalue weighted by Crippen LogP contribution is 2.42. The molecule has 14 heavy (non-hydrogen) atoms. The van der Waals surface area contributed by atoms with Crippen LogP contribution in [0.25, 0.3) is 0 Å². The van der Waals surface area contributed by atoms with Gasteiger partial charge < -0.3 is 9.84 Å². The number of aromatic nitrogens is 2. The highest BCUT2D eigenvalue weighted by Gasteiger charge is 2.40. The fourth-order valence-electron chi connectivity index (χ4n) is 2.44. The third kappa shape index (κ3) is 1.26. The van der Waals surface area contributed by atoms with Crippen LogP contribution in [-0.2, 0) is 6.54 Å². The van der Waals surface area contributed by atoms with E-state index in [-0.39, 0.29) is 0 Å². The zero-order valence-electron chi connectivity index (χ0n) is 7.89. The topological polar surface area (TPSA) is 51.0 Å². The molecule has 2 aliphatic carbocycles. The summed E-state index contributed by atoms with van der Waals surface area (Å²) in [6.07, 6.45) is 8.56. The van der Waals surface area contributed by atoms with E-state index in [4.69, 9.17) is 0 Å². The molecule has 0 spiro atoms. The SMILES string of the molecule is C1=CC2C(C1)CC2NCc1ncon1. The molecule has 1 aromatic rings. The fourth-order valence-corrected chi connectivity index (χ4v) is 2.44. The van der Waals surface area contributed by atoms with Crippen LogP contribution >= 0.6 is 0 Å². The van der Waals surface area contributed by atoms with Crippen LogP contribution in [0.5, 0.6) is 0 Å². The molecule has 0 aromatic carbocycles. The standard InChI is InChI=1S/C10H13N3O/c1-2-7-4-9(8(7)3-1)11-5-10-12-6-14-13-10/h1,3,6-9,11H,2,4-5H2. The van der Waals surface area contributed by atoms with Gasteiger partial charge in [-0.05, 0) is 24.7 Å². The van der Waals surface area contributed by atoms with Crippen molar-refractivity contribution in [3.63, 3.8) is 0 Å². The second-order valence-electron chi connectivity index (χ2n) is 4.07. The van der Waals surface area contributed by atoms with Gasteiger partial charge in [0.2, 0.25) is 6.39 Å². The molecule has 0 saturated heterocycles. The lowest BCUT2D eigenvalue weighted by molar-refractivity contribution is 0.161. The van der Waals surface area contributed by atoms with Crippen molar-refractivity contribution < 1.29 is 4.52 Å². The summed E-state index contributed by atoms with van der Waals surface area (Å²) in [5.74, 6) is 2.40. The Morgan fingerprint density at radius 2 is 2.57 bits per heavy atom. The molecule has 1 heterocycles. The highest BCUT2D eigenvalue weighted by molar-refractivity contribution is 5.12. The Labute approximate surface area is 82.4 Å². The molecular weight excluding hydrogens is 178 g/mol. The smallest absolute Gasteiger partial charge is 0.213 e. The van der Waals surface area contributed by atoms with E-state index in [1.165, 1.54) is 19.2 Å². The van der Waals surface area contributed by atoms with Gasteiger partial charge in [0.1, 0.15) is 0 Å². The Kier molecular flexibility index (Phi) is 1.87. The van der Waals surface area contributed by atoms with Crippen LogP contribution in [0.3, 0.4) is 0 Å². The molecule has 0 amide bonds. The molecular formula is C10H13N3O. The van der Waals surface area contributed by atoms with Gasteiger partial charge in [-0.25, -0.2) is 0 Å². The molecule has 1 aromatic heterocycles. The average molecular weight is 191 g/mol. The fraction of sp³-hybridized carbons (Fsp3) is 0.600. The predicted molar refractivity (Wildman–Crippen MR) is 50.3 cm³/mol. The molecule has 0 aliphatic heterocycles. The number of fused-ring (bicyclic) bond motifs is 1. The maximum absolute atomic E-state index is 4.67. The molecule has 4 heteroatoms. The van der Waals surface area contributed by atoms with Crippen molar-refractivity contribution in [2.75, 3.05) is 0 Å². The van der Waals surface area contributed by atoms with E-state index in [0.29, 0.717) is 6.04 Å². The van der Waals surface area contributed by atoms with Crippen molar-refractivity contribution >= 4 is 0 Å². The number of nitrogens with zero attached hydrogens (tertiary/aromatic N) is 2. The molecule has 1 N–H and O–H groups in total. The first-order chi connectivity index (χ1) is 6.93. The van der Waals surface area contributed by atoms with Crippen molar-refractivity contribution in [1.82, 2.24) is 15.5 Å². The van der Waals surface area contributed by atoms with Gasteiger partial charge >= 0.3 is 0 Å². The van der Waals surface area contributed by atoms with Crippen LogP contribution in [-0.4, -0.2) is 16.2 Å². The quantitative estimate of drug-likeness (QED) is 0.727. The van der Waals surface area contributed by atoms with E-state index >= 15 is 0 Å². The van der Waals surface area contributed by atoms with Gasteiger partial charge in [0, 0.05) is 6.04 Å². The normalized spacial score (nSPS) is 34.1. The third-order valence-corrected chi connectivity index (χ3v) is 3.29. The summed E-state index contributed by atoms with van der Waals surface area (Å²) in [4.78, 5) is 3.97. The van der Waals surface area contributed by atoms with E-state index in [1.807, 2.05) is 0 Å². The largest absolute Gasteiger partial charge is 0.343 e. The van der Waals surface area contributed by atoms with Crippen LogP contribution in [0.2, 0.25) is 0 Å². The minimum atomic E-state index is 0.622. The molecule has 3 atom stereocenters. The van der Waals surface area contributed by atoms with Crippen LogP contribution in [0, 0.1) is 11.8 Å². The Hall–Kier alpha value is -1.16. The van der Waals surface area contributed by atoms with Crippen molar-refractivity contribution in [1.29, 1.82) is 0 Å². The number of hydrogen-bond acceptors (Lipinski definition) is 4. The van der Waals surface area contributed by atoms with Gasteiger partial charge in [0.25, 0.3) is 0 Å². The molecule has 4 nitrogen and oxygen atoms in total. The van der Waals surface area contributed by atoms with Gasteiger partial charge in [-0.2, -0.15) is 4.98 Å². The summed E-state index contributed by atoms with van der Waals surface area (Å²) < 4.78 is 4.67. The number of hydrogen-bond donors (Lipinski definition) is 1. The monoisotopic (exact) mass is 191 g/mol. The highest BCUT2D eigenvalue weighted by atomic mass is 16.5. The first kappa shape index (κ1) is 8.17. The van der Waals surface area contributed by atoms with Crippen LogP contribution < -0.4 is 5.32 Å². The first-order valence-corrected chi connectivity index (χ1v) is 5.09. The average Bonchev–Trinajstić information content (AvgIpc) is 2.76. The van der Waals surface area contributed by atoms with Gasteiger partial charge in [0.15, 0.2) is 5.82 Å². The maximum Gasteiger partial charge on any atom is 0.213 e. The molecule has 0 radical (unpaired) electrons. The summed E-state index contributed by atoms with van der Waals surface area (Å²) >= 11 is 0. The molecule has 3 unspecified atom stereocenters. The number of rotatable bonds is 3. The van der Waals surface area contributed by atoms with E-state index < -0.39 is 0 Å². The minimum absolute atomic E-state index is 0.622. The molecule has 2 aliphatic rings. The second kappa shape index (κ2) is 3.20. The van der Waals surface area contributed by atoms with Crippen molar-refractivity contribution in [3.05, 3.63) is 24.4 Å². The zero-order valence-corrected chi connectivity index (χ0v) is 7.89. The number of nitrogens with one attached hydrogen (secondary N) is 1. The first-order valence-electron chi connectivity index (χ1n) is 5.09. The summed E-state index contributed by atoms with van der Waals surface area (Å²) in [6.45, 7) is 0.720. The Bertz CT molecular complexity index is 333.